The van der Waals surface area contributed by atoms with Gasteiger partial charge in [0.15, 0.2) is 5.82 Å². The highest BCUT2D eigenvalue weighted by molar-refractivity contribution is 5.94. The van der Waals surface area contributed by atoms with E-state index in [1.54, 1.807) is 24.4 Å². The van der Waals surface area contributed by atoms with E-state index < -0.39 is 0 Å². The maximum Gasteiger partial charge on any atom is 0.253 e. The number of hydrogen-bond acceptors (Lipinski definition) is 6. The number of rotatable bonds is 4. The van der Waals surface area contributed by atoms with Gasteiger partial charge in [-0.15, -0.1) is 0 Å². The van der Waals surface area contributed by atoms with Gasteiger partial charge in [-0.2, -0.15) is 9.78 Å². The first-order valence-corrected chi connectivity index (χ1v) is 10.0. The molecule has 8 heteroatoms. The van der Waals surface area contributed by atoms with Gasteiger partial charge in [0.25, 0.3) is 5.91 Å². The number of amides is 1. The van der Waals surface area contributed by atoms with Crippen LogP contribution in [0.25, 0.3) is 16.9 Å². The Kier molecular flexibility index (Phi) is 5.41. The van der Waals surface area contributed by atoms with Crippen molar-refractivity contribution < 1.29 is 9.90 Å². The van der Waals surface area contributed by atoms with Crippen LogP contribution in [0.3, 0.4) is 0 Å². The van der Waals surface area contributed by atoms with Crippen molar-refractivity contribution in [1.29, 1.82) is 0 Å². The Morgan fingerprint density at radius 1 is 1.17 bits per heavy atom. The van der Waals surface area contributed by atoms with Crippen LogP contribution in [-0.2, 0) is 0 Å². The van der Waals surface area contributed by atoms with Gasteiger partial charge in [0.1, 0.15) is 0 Å². The fourth-order valence-electron chi connectivity index (χ4n) is 3.76. The summed E-state index contributed by atoms with van der Waals surface area (Å²) in [4.78, 5) is 19.1. The van der Waals surface area contributed by atoms with E-state index in [1.807, 2.05) is 19.1 Å². The van der Waals surface area contributed by atoms with E-state index in [2.05, 4.69) is 27.3 Å². The van der Waals surface area contributed by atoms with Gasteiger partial charge in [-0.3, -0.25) is 4.79 Å². The number of pyridine rings is 1. The number of carbonyl (C=O) groups excluding carboxylic acids is 1. The fraction of sp³-hybridized carbons (Fsp3) is 0.318. The number of nitrogens with one attached hydrogen (secondary N) is 1. The van der Waals surface area contributed by atoms with Crippen LogP contribution in [0.15, 0.2) is 42.7 Å². The number of hydrogen-bond donors (Lipinski definition) is 3. The van der Waals surface area contributed by atoms with Crippen LogP contribution >= 0.6 is 0 Å². The van der Waals surface area contributed by atoms with Crippen LogP contribution < -0.4 is 11.1 Å². The zero-order chi connectivity index (χ0) is 21.3. The molecule has 30 heavy (non-hydrogen) atoms. The van der Waals surface area contributed by atoms with Crippen LogP contribution in [-0.4, -0.2) is 56.9 Å². The van der Waals surface area contributed by atoms with Crippen molar-refractivity contribution in [3.63, 3.8) is 0 Å². The second-order valence-corrected chi connectivity index (χ2v) is 7.82. The number of nitrogens with two attached hydrogens (primary N) is 1. The van der Waals surface area contributed by atoms with E-state index in [0.29, 0.717) is 22.6 Å². The van der Waals surface area contributed by atoms with Gasteiger partial charge in [0, 0.05) is 17.9 Å². The maximum absolute atomic E-state index is 12.5. The van der Waals surface area contributed by atoms with Crippen LogP contribution in [0.1, 0.15) is 28.8 Å². The highest BCUT2D eigenvalue weighted by Crippen LogP contribution is 2.33. The lowest BCUT2D eigenvalue weighted by atomic mass is 10.0. The summed E-state index contributed by atoms with van der Waals surface area (Å²) in [5.74, 6) is 0.285. The molecule has 0 bridgehead atoms. The van der Waals surface area contributed by atoms with Gasteiger partial charge >= 0.3 is 0 Å². The van der Waals surface area contributed by atoms with E-state index in [4.69, 9.17) is 5.73 Å². The van der Waals surface area contributed by atoms with Crippen LogP contribution in [0, 0.1) is 6.92 Å². The summed E-state index contributed by atoms with van der Waals surface area (Å²) < 4.78 is 1.35. The van der Waals surface area contributed by atoms with Crippen molar-refractivity contribution in [3.8, 4) is 22.8 Å². The first kappa shape index (κ1) is 19.9. The second kappa shape index (κ2) is 8.16. The van der Waals surface area contributed by atoms with Gasteiger partial charge in [0.2, 0.25) is 5.88 Å². The highest BCUT2D eigenvalue weighted by Gasteiger charge is 2.20. The zero-order valence-electron chi connectivity index (χ0n) is 17.2. The molecule has 0 atom stereocenters. The van der Waals surface area contributed by atoms with E-state index in [9.17, 15) is 9.90 Å². The lowest BCUT2D eigenvalue weighted by Crippen LogP contribution is -2.43. The molecule has 2 aromatic heterocycles. The predicted molar refractivity (Wildman–Crippen MR) is 116 cm³/mol. The Bertz CT molecular complexity index is 1050. The molecule has 0 spiro atoms. The quantitative estimate of drug-likeness (QED) is 0.574. The van der Waals surface area contributed by atoms with E-state index >= 15 is 0 Å². The van der Waals surface area contributed by atoms with Gasteiger partial charge in [0.05, 0.1) is 17.3 Å². The third-order valence-corrected chi connectivity index (χ3v) is 5.57. The highest BCUT2D eigenvalue weighted by atomic mass is 16.3. The number of likely N-dealkylation sites (tertiary alicyclic amines) is 1. The van der Waals surface area contributed by atoms with Crippen LogP contribution in [0.5, 0.6) is 5.88 Å². The summed E-state index contributed by atoms with van der Waals surface area (Å²) in [5, 5.41) is 18.0. The first-order chi connectivity index (χ1) is 14.4. The molecule has 1 aliphatic heterocycles. The number of anilines is 1. The fourth-order valence-corrected chi connectivity index (χ4v) is 3.76. The molecule has 4 rings (SSSR count). The number of nitrogens with zero attached hydrogens (tertiary/aromatic N) is 4. The van der Waals surface area contributed by atoms with Crippen molar-refractivity contribution in [1.82, 2.24) is 25.0 Å². The second-order valence-electron chi connectivity index (χ2n) is 7.82. The summed E-state index contributed by atoms with van der Waals surface area (Å²) >= 11 is 0. The number of carbonyl (C=O) groups is 1. The monoisotopic (exact) mass is 406 g/mol. The summed E-state index contributed by atoms with van der Waals surface area (Å²) in [6, 6.07) is 9.05. The Hall–Kier alpha value is -3.39. The molecule has 0 saturated carbocycles. The summed E-state index contributed by atoms with van der Waals surface area (Å²) in [5.41, 5.74) is 9.35. The molecular formula is C22H26N6O2. The molecule has 1 aromatic carbocycles. The number of nitrogen functional groups attached to an aromatic ring is 1. The number of piperidine rings is 1. The van der Waals surface area contributed by atoms with Crippen molar-refractivity contribution in [2.45, 2.75) is 25.8 Å². The van der Waals surface area contributed by atoms with Crippen molar-refractivity contribution in [2.75, 3.05) is 25.9 Å². The molecule has 3 heterocycles. The smallest absolute Gasteiger partial charge is 0.253 e. The average molecular weight is 406 g/mol. The van der Waals surface area contributed by atoms with Crippen molar-refractivity contribution >= 4 is 11.6 Å². The predicted octanol–water partition coefficient (Wildman–Crippen LogP) is 2.35. The van der Waals surface area contributed by atoms with Gasteiger partial charge < -0.3 is 21.1 Å². The van der Waals surface area contributed by atoms with Gasteiger partial charge in [-0.05, 0) is 75.3 Å². The van der Waals surface area contributed by atoms with Crippen molar-refractivity contribution in [2.24, 2.45) is 0 Å². The zero-order valence-corrected chi connectivity index (χ0v) is 17.2. The third kappa shape index (κ3) is 3.99. The Balaban J connectivity index is 1.50. The first-order valence-electron chi connectivity index (χ1n) is 10.0. The van der Waals surface area contributed by atoms with Gasteiger partial charge in [-0.25, -0.2) is 4.98 Å². The molecule has 0 unspecified atom stereocenters. The molecule has 1 saturated heterocycles. The Labute approximate surface area is 175 Å². The minimum absolute atomic E-state index is 0.0149. The molecule has 0 aliphatic carbocycles. The Morgan fingerprint density at radius 2 is 1.93 bits per heavy atom. The molecule has 0 radical (unpaired) electrons. The number of aromatic hydroxyl groups is 1. The molecule has 8 nitrogen and oxygen atoms in total. The topological polar surface area (TPSA) is 109 Å². The molecule has 1 amide bonds. The lowest BCUT2D eigenvalue weighted by Gasteiger charge is -2.29. The van der Waals surface area contributed by atoms with E-state index in [-0.39, 0.29) is 17.8 Å². The largest absolute Gasteiger partial charge is 0.493 e. The molecule has 156 valence electrons. The van der Waals surface area contributed by atoms with Crippen LogP contribution in [0.2, 0.25) is 0 Å². The SMILES string of the molecule is Cc1cc(N)ccc1-c1cnn(-c2ccc(C(=O)NC3CCN(C)CC3)cn2)c1O. The number of benzene rings is 1. The minimum atomic E-state index is -0.133. The summed E-state index contributed by atoms with van der Waals surface area (Å²) in [6.45, 7) is 3.89. The molecule has 1 fully saturated rings. The summed E-state index contributed by atoms with van der Waals surface area (Å²) in [7, 11) is 2.09. The lowest BCUT2D eigenvalue weighted by molar-refractivity contribution is 0.0916. The van der Waals surface area contributed by atoms with E-state index in [1.165, 1.54) is 10.9 Å². The Morgan fingerprint density at radius 3 is 2.60 bits per heavy atom. The van der Waals surface area contributed by atoms with Crippen molar-refractivity contribution in [3.05, 3.63) is 53.9 Å². The van der Waals surface area contributed by atoms with Crippen LogP contribution in [0.4, 0.5) is 5.69 Å². The van der Waals surface area contributed by atoms with E-state index in [0.717, 1.165) is 37.1 Å². The maximum atomic E-state index is 12.5. The molecule has 4 N–H and O–H groups in total. The minimum Gasteiger partial charge on any atom is -0.493 e. The molecular weight excluding hydrogens is 380 g/mol. The standard InChI is InChI=1S/C22H26N6O2/c1-14-11-16(23)4-5-18(14)19-13-25-28(22(19)30)20-6-3-15(12-24-20)21(29)26-17-7-9-27(2)10-8-17/h3-6,11-13,17,30H,7-10,23H2,1-2H3,(H,26,29). The average Bonchev–Trinajstić information content (AvgIpc) is 3.11. The third-order valence-electron chi connectivity index (χ3n) is 5.57. The normalized spacial score (nSPS) is 15.3. The van der Waals surface area contributed by atoms with Gasteiger partial charge in [-0.1, -0.05) is 6.07 Å². The molecule has 1 aliphatic rings. The number of aromatic nitrogens is 3. The number of aryl methyl sites for hydroxylation is 1. The summed E-state index contributed by atoms with van der Waals surface area (Å²) in [6.07, 6.45) is 5.00. The molecule has 3 aromatic rings.